The lowest BCUT2D eigenvalue weighted by molar-refractivity contribution is -0.137. The number of nitrogens with one attached hydrogen (secondary N) is 1. The number of aliphatic hydroxyl groups excluding tert-OH is 1. The Labute approximate surface area is 233 Å². The molecule has 2 heterocycles. The third kappa shape index (κ3) is 7.56. The molecule has 11 heteroatoms. The second kappa shape index (κ2) is 13.2. The van der Waals surface area contributed by atoms with Crippen molar-refractivity contribution in [3.05, 3.63) is 54.1 Å². The molecule has 212 valence electrons. The maximum absolute atomic E-state index is 13.0. The molecule has 6 N–H and O–H groups in total. The van der Waals surface area contributed by atoms with Gasteiger partial charge in [0.2, 0.25) is 0 Å². The Morgan fingerprint density at radius 3 is 2.67 bits per heavy atom. The van der Waals surface area contributed by atoms with Crippen LogP contribution in [0.2, 0.25) is 0 Å². The Morgan fingerprint density at radius 2 is 1.90 bits per heavy atom. The first-order valence-electron chi connectivity index (χ1n) is 13.6. The lowest BCUT2D eigenvalue weighted by Crippen LogP contribution is -2.50. The van der Waals surface area contributed by atoms with Gasteiger partial charge in [0.25, 0.3) is 0 Å². The summed E-state index contributed by atoms with van der Waals surface area (Å²) in [5.74, 6) is 0.0345. The molecule has 1 saturated carbocycles. The van der Waals surface area contributed by atoms with Gasteiger partial charge in [0, 0.05) is 4.90 Å². The molecule has 0 spiro atoms. The van der Waals surface area contributed by atoms with Gasteiger partial charge in [-0.15, -0.1) is 4.47 Å². The summed E-state index contributed by atoms with van der Waals surface area (Å²) in [5, 5.41) is 14.4. The van der Waals surface area contributed by atoms with Crippen LogP contribution in [0.5, 0.6) is 0 Å². The fourth-order valence-electron chi connectivity index (χ4n) is 5.29. The van der Waals surface area contributed by atoms with Crippen LogP contribution in [0.1, 0.15) is 37.7 Å². The largest absolute Gasteiger partial charge is 0.443 e. The quantitative estimate of drug-likeness (QED) is 0.184. The van der Waals surface area contributed by atoms with Crippen LogP contribution in [0, 0.1) is 5.92 Å². The molecular weight excluding hydrogens is 520 g/mol. The maximum Gasteiger partial charge on any atom is 0.407 e. The van der Waals surface area contributed by atoms with E-state index in [0.717, 1.165) is 42.6 Å². The summed E-state index contributed by atoms with van der Waals surface area (Å²) in [6.45, 7) is 1.05. The zero-order chi connectivity index (χ0) is 27.2. The summed E-state index contributed by atoms with van der Waals surface area (Å²) >= 11 is 1.35. The SMILES string of the molecule is Nc1ccc(SN(C[C@@H](O)[C@H](Cc2ccccc2)NC(=O)OC2CO[C@H]3OCC[C@@H]23)OC2CCCC2)cc1N. The molecule has 5 atom stereocenters. The molecular formula is C28H38N4O6S. The van der Waals surface area contributed by atoms with Gasteiger partial charge in [-0.05, 0) is 61.4 Å². The van der Waals surface area contributed by atoms with Crippen molar-refractivity contribution < 1.29 is 28.9 Å². The molecule has 2 saturated heterocycles. The van der Waals surface area contributed by atoms with E-state index in [1.165, 1.54) is 11.9 Å². The van der Waals surface area contributed by atoms with E-state index in [1.54, 1.807) is 16.6 Å². The number of fused-ring (bicyclic) bond motifs is 1. The number of nitrogen functional groups attached to an aromatic ring is 2. The minimum Gasteiger partial charge on any atom is -0.443 e. The number of carbonyl (C=O) groups is 1. The molecule has 2 aromatic rings. The van der Waals surface area contributed by atoms with Crippen molar-refractivity contribution in [3.63, 3.8) is 0 Å². The molecule has 3 fully saturated rings. The molecule has 0 bridgehead atoms. The number of amides is 1. The number of rotatable bonds is 11. The fourth-order valence-corrected chi connectivity index (χ4v) is 6.23. The molecule has 1 unspecified atom stereocenters. The molecule has 39 heavy (non-hydrogen) atoms. The van der Waals surface area contributed by atoms with Crippen LogP contribution in [0.15, 0.2) is 53.4 Å². The topological polar surface area (TPSA) is 142 Å². The van der Waals surface area contributed by atoms with Gasteiger partial charge in [0.1, 0.15) is 6.10 Å². The standard InChI is InChI=1S/C28H38N4O6S/c29-22-11-10-20(15-23(22)30)39-32(38-19-8-4-5-9-19)16-25(33)24(14-18-6-2-1-3-7-18)31-28(34)37-26-17-36-27-21(26)12-13-35-27/h1-3,6-7,10-11,15,19,21,24-27,33H,4-5,8-9,12-14,16-17,29-30H2,(H,31,34)/t21-,24-,25+,26?,27+/m0/s1. The monoisotopic (exact) mass is 558 g/mol. The number of hydrogen-bond acceptors (Lipinski definition) is 10. The Balaban J connectivity index is 1.27. The van der Waals surface area contributed by atoms with E-state index in [2.05, 4.69) is 5.32 Å². The van der Waals surface area contributed by atoms with Crippen molar-refractivity contribution in [3.8, 4) is 0 Å². The molecule has 5 rings (SSSR count). The molecule has 1 amide bonds. The van der Waals surface area contributed by atoms with Gasteiger partial charge >= 0.3 is 6.09 Å². The van der Waals surface area contributed by atoms with E-state index in [4.69, 9.17) is 30.5 Å². The first-order chi connectivity index (χ1) is 18.9. The van der Waals surface area contributed by atoms with Gasteiger partial charge in [-0.2, -0.15) is 0 Å². The minimum atomic E-state index is -0.958. The van der Waals surface area contributed by atoms with Gasteiger partial charge < -0.3 is 36.1 Å². The number of carbonyl (C=O) groups excluding carboxylic acids is 1. The number of aliphatic hydroxyl groups is 1. The summed E-state index contributed by atoms with van der Waals surface area (Å²) in [7, 11) is 0. The number of benzene rings is 2. The van der Waals surface area contributed by atoms with Crippen LogP contribution >= 0.6 is 11.9 Å². The Kier molecular flexibility index (Phi) is 9.49. The van der Waals surface area contributed by atoms with Crippen molar-refractivity contribution in [2.75, 3.05) is 31.2 Å². The molecule has 0 radical (unpaired) electrons. The summed E-state index contributed by atoms with van der Waals surface area (Å²) in [4.78, 5) is 20.1. The zero-order valence-corrected chi connectivity index (χ0v) is 22.8. The van der Waals surface area contributed by atoms with Gasteiger partial charge in [-0.1, -0.05) is 43.2 Å². The number of ether oxygens (including phenoxy) is 3. The lowest BCUT2D eigenvalue weighted by atomic mass is 10.0. The second-order valence-electron chi connectivity index (χ2n) is 10.4. The first-order valence-corrected chi connectivity index (χ1v) is 14.4. The van der Waals surface area contributed by atoms with Crippen molar-refractivity contribution in [2.45, 2.75) is 74.1 Å². The molecule has 10 nitrogen and oxygen atoms in total. The average molecular weight is 559 g/mol. The van der Waals surface area contributed by atoms with E-state index < -0.39 is 18.2 Å². The van der Waals surface area contributed by atoms with Crippen molar-refractivity contribution in [1.29, 1.82) is 0 Å². The van der Waals surface area contributed by atoms with E-state index >= 15 is 0 Å². The molecule has 2 aliphatic heterocycles. The highest BCUT2D eigenvalue weighted by Gasteiger charge is 2.44. The zero-order valence-electron chi connectivity index (χ0n) is 21.9. The Morgan fingerprint density at radius 1 is 1.10 bits per heavy atom. The Hall–Kier alpha value is -2.54. The van der Waals surface area contributed by atoms with Crippen molar-refractivity contribution in [2.24, 2.45) is 5.92 Å². The van der Waals surface area contributed by atoms with E-state index in [1.807, 2.05) is 36.4 Å². The number of hydroxylamine groups is 1. The van der Waals surface area contributed by atoms with Crippen LogP contribution in [-0.2, 0) is 25.5 Å². The average Bonchev–Trinajstić information content (AvgIpc) is 3.67. The van der Waals surface area contributed by atoms with E-state index in [9.17, 15) is 9.90 Å². The van der Waals surface area contributed by atoms with Crippen molar-refractivity contribution in [1.82, 2.24) is 9.79 Å². The third-order valence-corrected chi connectivity index (χ3v) is 8.38. The highest BCUT2D eigenvalue weighted by molar-refractivity contribution is 7.97. The number of anilines is 2. The number of hydrogen-bond donors (Lipinski definition) is 4. The highest BCUT2D eigenvalue weighted by Crippen LogP contribution is 2.33. The van der Waals surface area contributed by atoms with Gasteiger partial charge in [-0.25, -0.2) is 4.79 Å². The van der Waals surface area contributed by atoms with Gasteiger partial charge in [0.15, 0.2) is 6.29 Å². The van der Waals surface area contributed by atoms with E-state index in [-0.39, 0.29) is 31.0 Å². The summed E-state index contributed by atoms with van der Waals surface area (Å²) in [6.07, 6.45) is 3.21. The van der Waals surface area contributed by atoms with E-state index in [0.29, 0.717) is 31.0 Å². The smallest absolute Gasteiger partial charge is 0.407 e. The van der Waals surface area contributed by atoms with Crippen LogP contribution in [-0.4, -0.2) is 66.1 Å². The number of nitrogens with two attached hydrogens (primary N) is 2. The van der Waals surface area contributed by atoms with Crippen LogP contribution in [0.25, 0.3) is 0 Å². The summed E-state index contributed by atoms with van der Waals surface area (Å²) in [5.41, 5.74) is 13.9. The molecule has 3 aliphatic rings. The second-order valence-corrected chi connectivity index (χ2v) is 11.4. The maximum atomic E-state index is 13.0. The van der Waals surface area contributed by atoms with Crippen LogP contribution < -0.4 is 16.8 Å². The highest BCUT2D eigenvalue weighted by atomic mass is 32.2. The summed E-state index contributed by atoms with van der Waals surface area (Å²) < 4.78 is 18.6. The Bertz CT molecular complexity index is 1090. The van der Waals surface area contributed by atoms with Gasteiger partial charge in [0.05, 0.1) is 55.3 Å². The molecule has 0 aromatic heterocycles. The third-order valence-electron chi connectivity index (χ3n) is 7.48. The lowest BCUT2D eigenvalue weighted by Gasteiger charge is -2.30. The number of nitrogens with zero attached hydrogens (tertiary/aromatic N) is 1. The summed E-state index contributed by atoms with van der Waals surface area (Å²) in [6, 6.07) is 14.5. The minimum absolute atomic E-state index is 0.0345. The van der Waals surface area contributed by atoms with Gasteiger partial charge in [-0.3, -0.25) is 4.84 Å². The molecule has 1 aliphatic carbocycles. The van der Waals surface area contributed by atoms with Crippen LogP contribution in [0.3, 0.4) is 0 Å². The fraction of sp³-hybridized carbons (Fsp3) is 0.536. The predicted molar refractivity (Wildman–Crippen MR) is 148 cm³/mol. The first kappa shape index (κ1) is 28.0. The predicted octanol–water partition coefficient (Wildman–Crippen LogP) is 3.49. The van der Waals surface area contributed by atoms with Crippen LogP contribution in [0.4, 0.5) is 16.2 Å². The number of alkyl carbamates (subject to hydrolysis) is 1. The molecule has 2 aromatic carbocycles. The normalized spacial score (nSPS) is 24.5. The van der Waals surface area contributed by atoms with Crippen molar-refractivity contribution >= 4 is 29.4 Å².